The fraction of sp³-hybridized carbons (Fsp3) is 0.316. The number of benzene rings is 2. The number of hydrogen-bond acceptors (Lipinski definition) is 2. The number of guanidine groups is 1. The Morgan fingerprint density at radius 1 is 1.24 bits per heavy atom. The number of fused-ring (bicyclic) bond motifs is 1. The second-order valence-electron chi connectivity index (χ2n) is 5.76. The molecule has 1 aliphatic rings. The Kier molecular flexibility index (Phi) is 7.53. The molecule has 2 aromatic carbocycles. The topological polar surface area (TPSA) is 47.9 Å². The maximum Gasteiger partial charge on any atom is 0.198 e. The van der Waals surface area contributed by atoms with E-state index in [2.05, 4.69) is 33.4 Å². The van der Waals surface area contributed by atoms with Gasteiger partial charge in [-0.25, -0.2) is 4.99 Å². The lowest BCUT2D eigenvalue weighted by Crippen LogP contribution is -2.40. The molecular formula is C19H23ClIN3O. The molecule has 2 N–H and O–H groups in total. The summed E-state index contributed by atoms with van der Waals surface area (Å²) in [6, 6.07) is 15.7. The van der Waals surface area contributed by atoms with Gasteiger partial charge in [0.1, 0.15) is 6.10 Å². The van der Waals surface area contributed by atoms with E-state index in [1.54, 1.807) is 6.07 Å². The van der Waals surface area contributed by atoms with Crippen LogP contribution in [0.25, 0.3) is 0 Å². The van der Waals surface area contributed by atoms with Crippen molar-refractivity contribution in [2.24, 2.45) is 4.99 Å². The molecule has 0 saturated carbocycles. The second-order valence-corrected chi connectivity index (χ2v) is 6.17. The van der Waals surface area contributed by atoms with Crippen molar-refractivity contribution in [1.29, 1.82) is 0 Å². The first-order valence-electron chi connectivity index (χ1n) is 8.27. The molecule has 0 fully saturated rings. The van der Waals surface area contributed by atoms with Gasteiger partial charge < -0.3 is 15.3 Å². The van der Waals surface area contributed by atoms with Crippen LogP contribution in [0.15, 0.2) is 53.5 Å². The Hall–Kier alpha value is -1.31. The van der Waals surface area contributed by atoms with Gasteiger partial charge in [-0.1, -0.05) is 48.0 Å². The molecule has 0 saturated heterocycles. The van der Waals surface area contributed by atoms with E-state index in [1.165, 1.54) is 11.3 Å². The van der Waals surface area contributed by atoms with E-state index >= 15 is 0 Å². The number of anilines is 1. The highest BCUT2D eigenvalue weighted by Gasteiger charge is 2.22. The first-order valence-corrected chi connectivity index (χ1v) is 8.64. The number of halogens is 2. The molecule has 0 aliphatic carbocycles. The van der Waals surface area contributed by atoms with E-state index in [4.69, 9.17) is 11.6 Å². The van der Waals surface area contributed by atoms with Crippen molar-refractivity contribution in [2.45, 2.75) is 19.4 Å². The molecule has 134 valence electrons. The molecule has 3 rings (SSSR count). The average molecular weight is 472 g/mol. The molecule has 0 aromatic heterocycles. The molecule has 1 heterocycles. The highest BCUT2D eigenvalue weighted by molar-refractivity contribution is 14.0. The number of rotatable bonds is 4. The Morgan fingerprint density at radius 2 is 1.96 bits per heavy atom. The highest BCUT2D eigenvalue weighted by atomic mass is 127. The summed E-state index contributed by atoms with van der Waals surface area (Å²) >= 11 is 6.16. The summed E-state index contributed by atoms with van der Waals surface area (Å²) in [7, 11) is 0. The SMILES string of the molecule is CCNC(=NCC(O)c1ccccc1Cl)N1CCc2ccccc21.I. The Bertz CT molecular complexity index is 738. The van der Waals surface area contributed by atoms with Crippen LogP contribution in [0.3, 0.4) is 0 Å². The Morgan fingerprint density at radius 3 is 2.72 bits per heavy atom. The highest BCUT2D eigenvalue weighted by Crippen LogP contribution is 2.28. The molecule has 25 heavy (non-hydrogen) atoms. The van der Waals surface area contributed by atoms with Crippen molar-refractivity contribution in [3.63, 3.8) is 0 Å². The standard InChI is InChI=1S/C19H22ClN3O.HI/c1-2-21-19(23-12-11-14-7-3-6-10-17(14)23)22-13-18(24)15-8-4-5-9-16(15)20;/h3-10,18,24H,2,11-13H2,1H3,(H,21,22);1H. The van der Waals surface area contributed by atoms with Gasteiger partial charge in [-0.3, -0.25) is 0 Å². The van der Waals surface area contributed by atoms with Crippen LogP contribution in [-0.2, 0) is 6.42 Å². The number of aliphatic imine (C=N–C) groups is 1. The summed E-state index contributed by atoms with van der Waals surface area (Å²) in [5.41, 5.74) is 3.22. The zero-order valence-corrected chi connectivity index (χ0v) is 17.2. The summed E-state index contributed by atoms with van der Waals surface area (Å²) in [5, 5.41) is 14.3. The van der Waals surface area contributed by atoms with Gasteiger partial charge >= 0.3 is 0 Å². The lowest BCUT2D eigenvalue weighted by atomic mass is 10.1. The molecule has 2 aromatic rings. The molecule has 0 radical (unpaired) electrons. The minimum Gasteiger partial charge on any atom is -0.386 e. The lowest BCUT2D eigenvalue weighted by molar-refractivity contribution is 0.187. The van der Waals surface area contributed by atoms with Crippen molar-refractivity contribution in [3.05, 3.63) is 64.7 Å². The van der Waals surface area contributed by atoms with Gasteiger partial charge in [0.2, 0.25) is 0 Å². The van der Waals surface area contributed by atoms with E-state index in [0.29, 0.717) is 10.6 Å². The number of hydrogen-bond donors (Lipinski definition) is 2. The lowest BCUT2D eigenvalue weighted by Gasteiger charge is -2.23. The normalized spacial score (nSPS) is 14.7. The fourth-order valence-electron chi connectivity index (χ4n) is 2.97. The summed E-state index contributed by atoms with van der Waals surface area (Å²) in [6.07, 6.45) is 0.290. The van der Waals surface area contributed by atoms with Gasteiger partial charge in [-0.15, -0.1) is 24.0 Å². The predicted octanol–water partition coefficient (Wildman–Crippen LogP) is 4.02. The minimum atomic E-state index is -0.717. The van der Waals surface area contributed by atoms with Crippen LogP contribution in [-0.4, -0.2) is 30.7 Å². The largest absolute Gasteiger partial charge is 0.386 e. The fourth-order valence-corrected chi connectivity index (χ4v) is 3.23. The number of aliphatic hydroxyl groups excluding tert-OH is 1. The number of aliphatic hydroxyl groups is 1. The molecule has 1 aliphatic heterocycles. The predicted molar refractivity (Wildman–Crippen MR) is 115 cm³/mol. The summed E-state index contributed by atoms with van der Waals surface area (Å²) in [6.45, 7) is 3.99. The quantitative estimate of drug-likeness (QED) is 0.402. The number of nitrogens with one attached hydrogen (secondary N) is 1. The molecule has 6 heteroatoms. The zero-order chi connectivity index (χ0) is 16.9. The molecule has 1 unspecified atom stereocenters. The van der Waals surface area contributed by atoms with Gasteiger partial charge in [-0.05, 0) is 31.0 Å². The molecule has 1 atom stereocenters. The van der Waals surface area contributed by atoms with Crippen LogP contribution in [0.4, 0.5) is 5.69 Å². The van der Waals surface area contributed by atoms with Gasteiger partial charge in [0.05, 0.1) is 6.54 Å². The number of para-hydroxylation sites is 1. The van der Waals surface area contributed by atoms with E-state index in [-0.39, 0.29) is 30.5 Å². The van der Waals surface area contributed by atoms with Crippen LogP contribution in [0.5, 0.6) is 0 Å². The maximum absolute atomic E-state index is 10.4. The van der Waals surface area contributed by atoms with Crippen LogP contribution < -0.4 is 10.2 Å². The maximum atomic E-state index is 10.4. The first-order chi connectivity index (χ1) is 11.7. The molecular weight excluding hydrogens is 449 g/mol. The third kappa shape index (κ3) is 4.65. The van der Waals surface area contributed by atoms with Crippen LogP contribution in [0, 0.1) is 0 Å². The molecule has 0 spiro atoms. The van der Waals surface area contributed by atoms with Crippen LogP contribution in [0.1, 0.15) is 24.2 Å². The van der Waals surface area contributed by atoms with Gasteiger partial charge in [-0.2, -0.15) is 0 Å². The third-order valence-corrected chi connectivity index (χ3v) is 4.50. The Labute approximate surface area is 170 Å². The molecule has 0 amide bonds. The summed E-state index contributed by atoms with van der Waals surface area (Å²) < 4.78 is 0. The van der Waals surface area contributed by atoms with Crippen molar-refractivity contribution >= 4 is 47.2 Å². The van der Waals surface area contributed by atoms with Crippen molar-refractivity contribution in [3.8, 4) is 0 Å². The Balaban J connectivity index is 0.00000225. The third-order valence-electron chi connectivity index (χ3n) is 4.16. The monoisotopic (exact) mass is 471 g/mol. The molecule has 4 nitrogen and oxygen atoms in total. The zero-order valence-electron chi connectivity index (χ0n) is 14.2. The summed E-state index contributed by atoms with van der Waals surface area (Å²) in [5.74, 6) is 0.800. The summed E-state index contributed by atoms with van der Waals surface area (Å²) in [4.78, 5) is 6.81. The van der Waals surface area contributed by atoms with E-state index in [9.17, 15) is 5.11 Å². The van der Waals surface area contributed by atoms with E-state index < -0.39 is 6.10 Å². The van der Waals surface area contributed by atoms with Crippen LogP contribution >= 0.6 is 35.6 Å². The van der Waals surface area contributed by atoms with E-state index in [0.717, 1.165) is 25.5 Å². The average Bonchev–Trinajstić information content (AvgIpc) is 3.03. The van der Waals surface area contributed by atoms with E-state index in [1.807, 2.05) is 31.2 Å². The van der Waals surface area contributed by atoms with Gasteiger partial charge in [0.25, 0.3) is 0 Å². The molecule has 0 bridgehead atoms. The van der Waals surface area contributed by atoms with Crippen LogP contribution in [0.2, 0.25) is 5.02 Å². The smallest absolute Gasteiger partial charge is 0.198 e. The first kappa shape index (κ1) is 20.0. The van der Waals surface area contributed by atoms with Gasteiger partial charge in [0.15, 0.2) is 5.96 Å². The minimum absolute atomic E-state index is 0. The van der Waals surface area contributed by atoms with Crippen molar-refractivity contribution < 1.29 is 5.11 Å². The number of nitrogens with zero attached hydrogens (tertiary/aromatic N) is 2. The van der Waals surface area contributed by atoms with Crippen molar-refractivity contribution in [2.75, 3.05) is 24.5 Å². The van der Waals surface area contributed by atoms with Gasteiger partial charge in [0, 0.05) is 29.4 Å². The second kappa shape index (κ2) is 9.40. The van der Waals surface area contributed by atoms with Crippen molar-refractivity contribution in [1.82, 2.24) is 5.32 Å².